The first kappa shape index (κ1) is 37.1. The average Bonchev–Trinajstić information content (AvgIpc) is 3.59. The Labute approximate surface area is 320 Å². The second kappa shape index (κ2) is 13.3. The maximum atomic E-state index is 4.63. The van der Waals surface area contributed by atoms with Gasteiger partial charge in [-0.15, -0.1) is 0 Å². The minimum absolute atomic E-state index is 0.410. The van der Waals surface area contributed by atoms with Crippen molar-refractivity contribution in [3.8, 4) is 0 Å². The lowest BCUT2D eigenvalue weighted by Crippen LogP contribution is -2.06. The summed E-state index contributed by atoms with van der Waals surface area (Å²) in [5.74, 6) is 0.410. The zero-order valence-electron chi connectivity index (χ0n) is 35.6. The standard InChI is InChI=1S/C52H62N/c1-26-18-17-19-41(20-22-43-25-46-51-34(9)30(5)28(3)32(7)49(51)37(12)38(13)52(46)53(43)16)39(14)44(26)23-21-42-24-45-47(40(42)15)35(10)36(11)48-31(6)27(2)29(4)33(8)50(45)48/h20-23,40H,1,17-19,24-25H2,2-16H3/q+1/b22-20+,42-21+,44-23?. The van der Waals surface area contributed by atoms with Gasteiger partial charge in [-0.1, -0.05) is 37.3 Å². The molecule has 4 aromatic rings. The van der Waals surface area contributed by atoms with E-state index >= 15 is 0 Å². The molecule has 7 rings (SSSR count). The van der Waals surface area contributed by atoms with E-state index in [4.69, 9.17) is 0 Å². The molecule has 0 N–H and O–H groups in total. The molecule has 0 bridgehead atoms. The highest BCUT2D eigenvalue weighted by molar-refractivity contribution is 6.06. The molecule has 1 aliphatic heterocycles. The number of benzene rings is 4. The molecule has 53 heavy (non-hydrogen) atoms. The molecule has 1 nitrogen and oxygen atoms in total. The van der Waals surface area contributed by atoms with Gasteiger partial charge >= 0.3 is 0 Å². The second-order valence-electron chi connectivity index (χ2n) is 17.1. The van der Waals surface area contributed by atoms with E-state index in [1.807, 2.05) is 0 Å². The van der Waals surface area contributed by atoms with Crippen LogP contribution in [0, 0.1) is 83.1 Å². The van der Waals surface area contributed by atoms with Crippen LogP contribution in [0.5, 0.6) is 0 Å². The molecule has 1 unspecified atom stereocenters. The van der Waals surface area contributed by atoms with Crippen LogP contribution in [-0.4, -0.2) is 17.3 Å². The molecule has 0 aromatic heterocycles. The topological polar surface area (TPSA) is 3.01 Å². The first-order chi connectivity index (χ1) is 25.0. The summed E-state index contributed by atoms with van der Waals surface area (Å²) in [7, 11) is 2.28. The van der Waals surface area contributed by atoms with E-state index in [1.165, 1.54) is 133 Å². The van der Waals surface area contributed by atoms with Crippen LogP contribution in [0.3, 0.4) is 0 Å². The summed E-state index contributed by atoms with van der Waals surface area (Å²) >= 11 is 0. The summed E-state index contributed by atoms with van der Waals surface area (Å²) in [5, 5.41) is 5.96. The molecule has 1 heteroatoms. The molecular formula is C52H62N+. The van der Waals surface area contributed by atoms with E-state index in [0.29, 0.717) is 5.92 Å². The molecule has 4 aromatic carbocycles. The predicted molar refractivity (Wildman–Crippen MR) is 232 cm³/mol. The molecule has 3 aliphatic rings. The minimum Gasteiger partial charge on any atom is -0.198 e. The van der Waals surface area contributed by atoms with Crippen molar-refractivity contribution in [3.63, 3.8) is 0 Å². The fourth-order valence-electron chi connectivity index (χ4n) is 10.6. The molecule has 1 heterocycles. The number of hydrogen-bond donors (Lipinski definition) is 0. The monoisotopic (exact) mass is 700 g/mol. The number of rotatable bonds is 3. The Balaban J connectivity index is 1.27. The predicted octanol–water partition coefficient (Wildman–Crippen LogP) is 13.8. The van der Waals surface area contributed by atoms with Gasteiger partial charge in [0.15, 0.2) is 5.71 Å². The summed E-state index contributed by atoms with van der Waals surface area (Å²) in [6.07, 6.45) is 15.0. The van der Waals surface area contributed by atoms with Gasteiger partial charge < -0.3 is 0 Å². The van der Waals surface area contributed by atoms with Gasteiger partial charge in [0.25, 0.3) is 0 Å². The zero-order chi connectivity index (χ0) is 38.5. The third-order valence-electron chi connectivity index (χ3n) is 14.9. The van der Waals surface area contributed by atoms with Crippen LogP contribution in [0.2, 0.25) is 0 Å². The maximum Gasteiger partial charge on any atom is 0.212 e. The normalized spacial score (nSPS) is 19.3. The van der Waals surface area contributed by atoms with E-state index < -0.39 is 0 Å². The van der Waals surface area contributed by atoms with Gasteiger partial charge in [-0.25, -0.2) is 0 Å². The Morgan fingerprint density at radius 2 is 1.06 bits per heavy atom. The van der Waals surface area contributed by atoms with Gasteiger partial charge in [0.2, 0.25) is 5.69 Å². The van der Waals surface area contributed by atoms with Crippen molar-refractivity contribution < 1.29 is 4.58 Å². The third-order valence-corrected chi connectivity index (χ3v) is 14.9. The van der Waals surface area contributed by atoms with Crippen molar-refractivity contribution in [2.45, 2.75) is 135 Å². The van der Waals surface area contributed by atoms with Crippen LogP contribution in [0.25, 0.3) is 21.5 Å². The Kier molecular flexibility index (Phi) is 9.28. The lowest BCUT2D eigenvalue weighted by Gasteiger charge is -2.22. The highest BCUT2D eigenvalue weighted by Crippen LogP contribution is 2.48. The van der Waals surface area contributed by atoms with Gasteiger partial charge in [-0.2, -0.15) is 4.58 Å². The fraction of sp³-hybridized carbons (Fsp3) is 0.404. The van der Waals surface area contributed by atoms with E-state index in [2.05, 4.69) is 139 Å². The quantitative estimate of drug-likeness (QED) is 0.187. The SMILES string of the molecule is C=C1CCCC(/C=C/C2=[N+](C)c3c(C)c(C)c4c(C)c(C)c(C)c(C)c4c3C2)=C(C)C1=C/C=C1\Cc2c(c(C)c(C)c3c(C)c(C)c(C)c(C)c23)C1C. The zero-order valence-corrected chi connectivity index (χ0v) is 35.6. The molecule has 2 aliphatic carbocycles. The Morgan fingerprint density at radius 3 is 1.64 bits per heavy atom. The average molecular weight is 701 g/mol. The molecule has 0 amide bonds. The van der Waals surface area contributed by atoms with Crippen molar-refractivity contribution in [3.05, 3.63) is 142 Å². The summed E-state index contributed by atoms with van der Waals surface area (Å²) in [6.45, 7) is 37.3. The fourth-order valence-corrected chi connectivity index (χ4v) is 10.6. The van der Waals surface area contributed by atoms with Crippen LogP contribution in [-0.2, 0) is 12.8 Å². The molecule has 0 radical (unpaired) electrons. The van der Waals surface area contributed by atoms with Crippen molar-refractivity contribution in [1.82, 2.24) is 0 Å². The highest BCUT2D eigenvalue weighted by atomic mass is 15.0. The first-order valence-corrected chi connectivity index (χ1v) is 20.1. The molecule has 274 valence electrons. The van der Waals surface area contributed by atoms with E-state index in [-0.39, 0.29) is 0 Å². The van der Waals surface area contributed by atoms with Crippen LogP contribution in [0.4, 0.5) is 5.69 Å². The van der Waals surface area contributed by atoms with Gasteiger partial charge in [-0.3, -0.25) is 0 Å². The minimum atomic E-state index is 0.410. The van der Waals surface area contributed by atoms with Gasteiger partial charge in [0, 0.05) is 23.1 Å². The molecule has 0 saturated carbocycles. The Bertz CT molecular complexity index is 2510. The number of aryl methyl sites for hydroxylation is 6. The van der Waals surface area contributed by atoms with Crippen molar-refractivity contribution in [1.29, 1.82) is 0 Å². The smallest absolute Gasteiger partial charge is 0.198 e. The number of fused-ring (bicyclic) bond motifs is 6. The first-order valence-electron chi connectivity index (χ1n) is 20.1. The summed E-state index contributed by atoms with van der Waals surface area (Å²) in [6, 6.07) is 0. The number of hydrogen-bond acceptors (Lipinski definition) is 0. The van der Waals surface area contributed by atoms with Gasteiger partial charge in [-0.05, 0) is 232 Å². The largest absolute Gasteiger partial charge is 0.212 e. The number of allylic oxidation sites excluding steroid dienone is 9. The lowest BCUT2D eigenvalue weighted by atomic mass is 9.82. The Hall–Kier alpha value is -4.23. The maximum absolute atomic E-state index is 4.63. The van der Waals surface area contributed by atoms with Crippen LogP contribution in [0.15, 0.2) is 58.7 Å². The molecule has 0 fully saturated rings. The van der Waals surface area contributed by atoms with E-state index in [0.717, 1.165) is 32.1 Å². The van der Waals surface area contributed by atoms with E-state index in [9.17, 15) is 0 Å². The third kappa shape index (κ3) is 5.43. The van der Waals surface area contributed by atoms with Crippen LogP contribution >= 0.6 is 0 Å². The Morgan fingerprint density at radius 1 is 0.547 bits per heavy atom. The molecule has 0 spiro atoms. The van der Waals surface area contributed by atoms with E-state index in [1.54, 1.807) is 11.1 Å². The van der Waals surface area contributed by atoms with Crippen molar-refractivity contribution in [2.24, 2.45) is 0 Å². The van der Waals surface area contributed by atoms with Gasteiger partial charge in [0.1, 0.15) is 7.05 Å². The molecule has 1 atom stereocenters. The van der Waals surface area contributed by atoms with Crippen molar-refractivity contribution in [2.75, 3.05) is 7.05 Å². The highest BCUT2D eigenvalue weighted by Gasteiger charge is 2.33. The number of nitrogens with zero attached hydrogens (tertiary/aromatic N) is 1. The second-order valence-corrected chi connectivity index (χ2v) is 17.1. The summed E-state index contributed by atoms with van der Waals surface area (Å²) in [4.78, 5) is 0. The lowest BCUT2D eigenvalue weighted by molar-refractivity contribution is -0.401. The van der Waals surface area contributed by atoms with Crippen LogP contribution in [0.1, 0.15) is 122 Å². The summed E-state index contributed by atoms with van der Waals surface area (Å²) < 4.78 is 2.48. The molecular weight excluding hydrogens is 639 g/mol. The summed E-state index contributed by atoms with van der Waals surface area (Å²) in [5.41, 5.74) is 31.7. The van der Waals surface area contributed by atoms with Crippen molar-refractivity contribution >= 4 is 32.9 Å². The van der Waals surface area contributed by atoms with Crippen LogP contribution < -0.4 is 0 Å². The molecule has 0 saturated heterocycles. The van der Waals surface area contributed by atoms with Gasteiger partial charge in [0.05, 0.1) is 6.42 Å².